The lowest BCUT2D eigenvalue weighted by molar-refractivity contribution is 0.0500. The molecule has 0 atom stereocenters. The molecule has 27 heavy (non-hydrogen) atoms. The number of para-hydroxylation sites is 1. The number of phenolic OH excluding ortho intramolecular Hbond substituents is 1. The summed E-state index contributed by atoms with van der Waals surface area (Å²) in [6, 6.07) is 15.3. The van der Waals surface area contributed by atoms with Crippen LogP contribution < -0.4 is 5.32 Å². The van der Waals surface area contributed by atoms with Gasteiger partial charge in [0.25, 0.3) is 0 Å². The Bertz CT molecular complexity index is 785. The molecule has 5 heteroatoms. The van der Waals surface area contributed by atoms with E-state index in [0.29, 0.717) is 26.3 Å². The lowest BCUT2D eigenvalue weighted by Gasteiger charge is -2.39. The highest BCUT2D eigenvalue weighted by Gasteiger charge is 2.36. The summed E-state index contributed by atoms with van der Waals surface area (Å²) in [4.78, 5) is 14.3. The number of aryl methyl sites for hydroxylation is 1. The predicted octanol–water partition coefficient (Wildman–Crippen LogP) is 3.59. The minimum Gasteiger partial charge on any atom is -0.508 e. The zero-order valence-electron chi connectivity index (χ0n) is 16.1. The van der Waals surface area contributed by atoms with Gasteiger partial charge in [0.05, 0.1) is 6.54 Å². The van der Waals surface area contributed by atoms with Crippen LogP contribution in [0.15, 0.2) is 48.5 Å². The zero-order valence-corrected chi connectivity index (χ0v) is 16.1. The Kier molecular flexibility index (Phi) is 6.01. The number of amides is 2. The van der Waals surface area contributed by atoms with E-state index in [4.69, 9.17) is 4.74 Å². The number of rotatable bonds is 5. The Hall–Kier alpha value is -2.53. The maximum absolute atomic E-state index is 12.7. The summed E-state index contributed by atoms with van der Waals surface area (Å²) in [5, 5.41) is 13.0. The standard InChI is InChI=1S/C22H28N2O3/c1-17-7-3-5-9-19(17)22(11-13-27-14-12-22)16-23-21(26)24(2)15-18-8-4-6-10-20(18)25/h3-10,25H,11-16H2,1-2H3,(H,23,26). The highest BCUT2D eigenvalue weighted by molar-refractivity contribution is 5.74. The van der Waals surface area contributed by atoms with Crippen molar-refractivity contribution in [3.63, 3.8) is 0 Å². The van der Waals surface area contributed by atoms with Crippen LogP contribution in [0.25, 0.3) is 0 Å². The Morgan fingerprint density at radius 1 is 1.15 bits per heavy atom. The topological polar surface area (TPSA) is 61.8 Å². The first-order chi connectivity index (χ1) is 13.0. The van der Waals surface area contributed by atoms with Crippen LogP contribution in [0.5, 0.6) is 5.75 Å². The Morgan fingerprint density at radius 3 is 2.52 bits per heavy atom. The van der Waals surface area contributed by atoms with Crippen molar-refractivity contribution in [1.82, 2.24) is 10.2 Å². The smallest absolute Gasteiger partial charge is 0.317 e. The molecule has 0 aliphatic carbocycles. The van der Waals surface area contributed by atoms with Crippen molar-refractivity contribution in [2.75, 3.05) is 26.8 Å². The first kappa shape index (κ1) is 19.2. The molecule has 0 bridgehead atoms. The van der Waals surface area contributed by atoms with E-state index < -0.39 is 0 Å². The van der Waals surface area contributed by atoms with Crippen molar-refractivity contribution in [3.8, 4) is 5.75 Å². The Morgan fingerprint density at radius 2 is 1.81 bits per heavy atom. The summed E-state index contributed by atoms with van der Waals surface area (Å²) in [7, 11) is 1.74. The van der Waals surface area contributed by atoms with Gasteiger partial charge in [-0.2, -0.15) is 0 Å². The first-order valence-electron chi connectivity index (χ1n) is 9.41. The van der Waals surface area contributed by atoms with Gasteiger partial charge >= 0.3 is 6.03 Å². The summed E-state index contributed by atoms with van der Waals surface area (Å²) >= 11 is 0. The zero-order chi connectivity index (χ0) is 19.3. The monoisotopic (exact) mass is 368 g/mol. The number of hydrogen-bond donors (Lipinski definition) is 2. The quantitative estimate of drug-likeness (QED) is 0.848. The molecule has 0 unspecified atom stereocenters. The van der Waals surface area contributed by atoms with Gasteiger partial charge in [-0.3, -0.25) is 0 Å². The van der Waals surface area contributed by atoms with Crippen LogP contribution in [0.4, 0.5) is 4.79 Å². The van der Waals surface area contributed by atoms with Crippen molar-refractivity contribution in [1.29, 1.82) is 0 Å². The average Bonchev–Trinajstić information content (AvgIpc) is 2.69. The lowest BCUT2D eigenvalue weighted by atomic mass is 9.72. The minimum atomic E-state index is -0.141. The maximum Gasteiger partial charge on any atom is 0.317 e. The van der Waals surface area contributed by atoms with Crippen LogP contribution in [0, 0.1) is 6.92 Å². The van der Waals surface area contributed by atoms with Gasteiger partial charge in [0, 0.05) is 37.8 Å². The van der Waals surface area contributed by atoms with Crippen LogP contribution in [-0.2, 0) is 16.7 Å². The van der Waals surface area contributed by atoms with E-state index in [0.717, 1.165) is 18.4 Å². The molecular formula is C22H28N2O3. The Balaban J connectivity index is 1.69. The molecule has 144 valence electrons. The summed E-state index contributed by atoms with van der Waals surface area (Å²) in [5.41, 5.74) is 3.16. The van der Waals surface area contributed by atoms with E-state index in [1.54, 1.807) is 24.1 Å². The number of urea groups is 1. The fourth-order valence-electron chi connectivity index (χ4n) is 3.82. The molecule has 2 N–H and O–H groups in total. The van der Waals surface area contributed by atoms with Gasteiger partial charge < -0.3 is 20.1 Å². The number of ether oxygens (including phenoxy) is 1. The highest BCUT2D eigenvalue weighted by Crippen LogP contribution is 2.36. The van der Waals surface area contributed by atoms with Gasteiger partial charge in [-0.15, -0.1) is 0 Å². The fraction of sp³-hybridized carbons (Fsp3) is 0.409. The third kappa shape index (κ3) is 4.42. The second kappa shape index (κ2) is 8.44. The van der Waals surface area contributed by atoms with Crippen LogP contribution >= 0.6 is 0 Å². The molecule has 3 rings (SSSR count). The molecule has 0 saturated carbocycles. The number of carbonyl (C=O) groups is 1. The summed E-state index contributed by atoms with van der Waals surface area (Å²) in [5.74, 6) is 0.206. The second-order valence-electron chi connectivity index (χ2n) is 7.35. The fourth-order valence-corrected chi connectivity index (χ4v) is 3.82. The largest absolute Gasteiger partial charge is 0.508 e. The first-order valence-corrected chi connectivity index (χ1v) is 9.41. The van der Waals surface area contributed by atoms with Crippen molar-refractivity contribution >= 4 is 6.03 Å². The van der Waals surface area contributed by atoms with Gasteiger partial charge in [-0.1, -0.05) is 42.5 Å². The molecule has 1 aliphatic heterocycles. The maximum atomic E-state index is 12.7. The molecule has 2 aromatic rings. The number of benzene rings is 2. The molecule has 0 radical (unpaired) electrons. The van der Waals surface area contributed by atoms with E-state index in [2.05, 4.69) is 30.4 Å². The van der Waals surface area contributed by atoms with Crippen molar-refractivity contribution in [2.24, 2.45) is 0 Å². The molecule has 1 aliphatic rings. The number of aromatic hydroxyl groups is 1. The molecule has 0 spiro atoms. The van der Waals surface area contributed by atoms with Crippen LogP contribution in [-0.4, -0.2) is 42.8 Å². The number of carbonyl (C=O) groups excluding carboxylic acids is 1. The van der Waals surface area contributed by atoms with Gasteiger partial charge in [-0.05, 0) is 37.0 Å². The van der Waals surface area contributed by atoms with E-state index in [1.165, 1.54) is 11.1 Å². The third-order valence-electron chi connectivity index (χ3n) is 5.49. The molecule has 5 nitrogen and oxygen atoms in total. The van der Waals surface area contributed by atoms with E-state index in [-0.39, 0.29) is 17.2 Å². The average molecular weight is 368 g/mol. The van der Waals surface area contributed by atoms with Gasteiger partial charge in [0.1, 0.15) is 5.75 Å². The van der Waals surface area contributed by atoms with Gasteiger partial charge in [-0.25, -0.2) is 4.79 Å². The molecule has 1 saturated heterocycles. The molecular weight excluding hydrogens is 340 g/mol. The van der Waals surface area contributed by atoms with E-state index in [9.17, 15) is 9.90 Å². The normalized spacial score (nSPS) is 15.9. The molecule has 1 fully saturated rings. The third-order valence-corrected chi connectivity index (χ3v) is 5.49. The Labute approximate surface area is 161 Å². The molecule has 0 aromatic heterocycles. The molecule has 1 heterocycles. The minimum absolute atomic E-state index is 0.102. The van der Waals surface area contributed by atoms with Crippen molar-refractivity contribution in [2.45, 2.75) is 31.7 Å². The SMILES string of the molecule is Cc1ccccc1C1(CNC(=O)N(C)Cc2ccccc2O)CCOCC1. The lowest BCUT2D eigenvalue weighted by Crippen LogP contribution is -2.47. The highest BCUT2D eigenvalue weighted by atomic mass is 16.5. The van der Waals surface area contributed by atoms with Crippen LogP contribution in [0.3, 0.4) is 0 Å². The van der Waals surface area contributed by atoms with Gasteiger partial charge in [0.2, 0.25) is 0 Å². The summed E-state index contributed by atoms with van der Waals surface area (Å²) in [6.07, 6.45) is 1.78. The molecule has 2 aromatic carbocycles. The van der Waals surface area contributed by atoms with Crippen molar-refractivity contribution < 1.29 is 14.6 Å². The number of nitrogens with one attached hydrogen (secondary N) is 1. The second-order valence-corrected chi connectivity index (χ2v) is 7.35. The molecule has 2 amide bonds. The summed E-state index contributed by atoms with van der Waals surface area (Å²) in [6.45, 7) is 4.47. The summed E-state index contributed by atoms with van der Waals surface area (Å²) < 4.78 is 5.58. The van der Waals surface area contributed by atoms with Crippen molar-refractivity contribution in [3.05, 3.63) is 65.2 Å². The number of hydrogen-bond acceptors (Lipinski definition) is 3. The van der Waals surface area contributed by atoms with Gasteiger partial charge in [0.15, 0.2) is 0 Å². The van der Waals surface area contributed by atoms with E-state index in [1.807, 2.05) is 18.2 Å². The predicted molar refractivity (Wildman–Crippen MR) is 106 cm³/mol. The van der Waals surface area contributed by atoms with E-state index >= 15 is 0 Å². The number of nitrogens with zero attached hydrogens (tertiary/aromatic N) is 1. The van der Waals surface area contributed by atoms with Crippen LogP contribution in [0.1, 0.15) is 29.5 Å². The van der Waals surface area contributed by atoms with Crippen LogP contribution in [0.2, 0.25) is 0 Å². The number of phenols is 1.